The van der Waals surface area contributed by atoms with Crippen LogP contribution in [0.15, 0.2) is 97.3 Å². The van der Waals surface area contributed by atoms with Crippen molar-refractivity contribution in [1.82, 2.24) is 24.6 Å². The molecule has 9 heteroatoms. The summed E-state index contributed by atoms with van der Waals surface area (Å²) in [4.78, 5) is 25.3. The van der Waals surface area contributed by atoms with Crippen LogP contribution in [0.25, 0.3) is 28.0 Å². The number of para-hydroxylation sites is 1. The summed E-state index contributed by atoms with van der Waals surface area (Å²) in [5.41, 5.74) is 10.00. The molecule has 41 heavy (non-hydrogen) atoms. The highest BCUT2D eigenvalue weighted by Gasteiger charge is 2.25. The number of likely N-dealkylation sites (N-methyl/N-ethyl adjacent to an activating group) is 2. The van der Waals surface area contributed by atoms with E-state index >= 15 is 0 Å². The van der Waals surface area contributed by atoms with Gasteiger partial charge in [0.25, 0.3) is 0 Å². The molecule has 6 rings (SSSR count). The average molecular weight is 546 g/mol. The van der Waals surface area contributed by atoms with Gasteiger partial charge in [0.15, 0.2) is 5.65 Å². The lowest BCUT2D eigenvalue weighted by Crippen LogP contribution is -2.25. The highest BCUT2D eigenvalue weighted by Crippen LogP contribution is 2.33. The second kappa shape index (κ2) is 11.2. The van der Waals surface area contributed by atoms with Crippen LogP contribution in [0, 0.1) is 0 Å². The van der Waals surface area contributed by atoms with Crippen molar-refractivity contribution < 1.29 is 9.53 Å². The maximum atomic E-state index is 12.7. The zero-order valence-corrected chi connectivity index (χ0v) is 23.0. The zero-order chi connectivity index (χ0) is 28.3. The molecule has 206 valence electrons. The van der Waals surface area contributed by atoms with Gasteiger partial charge in [0, 0.05) is 37.0 Å². The van der Waals surface area contributed by atoms with Crippen molar-refractivity contribution in [3.8, 4) is 28.4 Å². The van der Waals surface area contributed by atoms with Crippen LogP contribution in [0.3, 0.4) is 0 Å². The normalized spacial score (nSPS) is 13.2. The molecule has 1 saturated carbocycles. The maximum Gasteiger partial charge on any atom is 0.250 e. The number of benzene rings is 3. The first-order valence-corrected chi connectivity index (χ1v) is 13.6. The smallest absolute Gasteiger partial charge is 0.250 e. The Balaban J connectivity index is 1.24. The molecular formula is C32H31N7O2. The number of rotatable bonds is 9. The molecule has 2 aromatic heterocycles. The van der Waals surface area contributed by atoms with Crippen LogP contribution in [0.2, 0.25) is 0 Å². The number of ether oxygens (including phenoxy) is 1. The van der Waals surface area contributed by atoms with E-state index in [9.17, 15) is 4.79 Å². The van der Waals surface area contributed by atoms with Crippen LogP contribution in [-0.4, -0.2) is 57.2 Å². The van der Waals surface area contributed by atoms with Gasteiger partial charge in [-0.25, -0.2) is 14.6 Å². The Hall–Kier alpha value is -5.02. The first-order valence-electron chi connectivity index (χ1n) is 13.6. The number of nitrogens with two attached hydrogens (primary N) is 1. The lowest BCUT2D eigenvalue weighted by molar-refractivity contribution is -0.113. The average Bonchev–Trinajstić information content (AvgIpc) is 3.78. The third kappa shape index (κ3) is 5.66. The standard InChI is InChI=1S/C32H31N7O2/c1-37(23-12-13-23)20-6-9-28(40)38(2)24-14-16-25(17-15-24)39-32-29(31(33)34-21-35-32)30(36-39)22-10-18-27(19-11-22)41-26-7-4-3-5-8-26/h3-11,14-19,21,23H,12-13,20H2,1-2H3,(H2,33,34,35)/b9-6+. The number of hydrogen-bond donors (Lipinski definition) is 1. The molecule has 0 radical (unpaired) electrons. The second-order valence-electron chi connectivity index (χ2n) is 10.1. The number of fused-ring (bicyclic) bond motifs is 1. The molecule has 2 N–H and O–H groups in total. The molecule has 0 bridgehead atoms. The van der Waals surface area contributed by atoms with E-state index in [4.69, 9.17) is 15.6 Å². The third-order valence-electron chi connectivity index (χ3n) is 7.24. The molecule has 2 heterocycles. The van der Waals surface area contributed by atoms with Crippen molar-refractivity contribution in [2.45, 2.75) is 18.9 Å². The van der Waals surface area contributed by atoms with Gasteiger partial charge in [0.05, 0.1) is 11.1 Å². The Kier molecular flexibility index (Phi) is 7.18. The van der Waals surface area contributed by atoms with Crippen molar-refractivity contribution >= 4 is 28.4 Å². The Bertz CT molecular complexity index is 1690. The molecule has 0 unspecified atom stereocenters. The van der Waals surface area contributed by atoms with Crippen molar-refractivity contribution in [3.63, 3.8) is 0 Å². The fraction of sp³-hybridized carbons (Fsp3) is 0.188. The van der Waals surface area contributed by atoms with Crippen molar-refractivity contribution in [2.24, 2.45) is 0 Å². The minimum atomic E-state index is -0.0750. The summed E-state index contributed by atoms with van der Waals surface area (Å²) < 4.78 is 7.68. The number of carbonyl (C=O) groups excluding carboxylic acids is 1. The van der Waals surface area contributed by atoms with Gasteiger partial charge in [0.2, 0.25) is 5.91 Å². The van der Waals surface area contributed by atoms with Crippen LogP contribution >= 0.6 is 0 Å². The van der Waals surface area contributed by atoms with E-state index in [2.05, 4.69) is 21.9 Å². The first-order chi connectivity index (χ1) is 20.0. The largest absolute Gasteiger partial charge is 0.457 e. The van der Waals surface area contributed by atoms with Crippen LogP contribution in [0.4, 0.5) is 11.5 Å². The van der Waals surface area contributed by atoms with Crippen molar-refractivity contribution in [2.75, 3.05) is 31.3 Å². The van der Waals surface area contributed by atoms with E-state index in [1.165, 1.54) is 19.2 Å². The lowest BCUT2D eigenvalue weighted by atomic mass is 10.1. The fourth-order valence-electron chi connectivity index (χ4n) is 4.70. The number of hydrogen-bond acceptors (Lipinski definition) is 7. The fourth-order valence-corrected chi connectivity index (χ4v) is 4.70. The molecule has 5 aromatic rings. The second-order valence-corrected chi connectivity index (χ2v) is 10.1. The molecule has 1 aliphatic rings. The van der Waals surface area contributed by atoms with E-state index in [-0.39, 0.29) is 5.91 Å². The molecule has 0 aliphatic heterocycles. The van der Waals surface area contributed by atoms with E-state index in [1.807, 2.05) is 84.9 Å². The van der Waals surface area contributed by atoms with Crippen LogP contribution in [0.1, 0.15) is 12.8 Å². The SMILES string of the molecule is CN(C(=O)/C=C/CN(C)C1CC1)c1ccc(-n2nc(-c3ccc(Oc4ccccc4)cc3)c3c(N)ncnc32)cc1. The zero-order valence-electron chi connectivity index (χ0n) is 23.0. The van der Waals surface area contributed by atoms with Crippen LogP contribution in [0.5, 0.6) is 11.5 Å². The molecule has 9 nitrogen and oxygen atoms in total. The number of aromatic nitrogens is 4. The van der Waals surface area contributed by atoms with Gasteiger partial charge < -0.3 is 15.4 Å². The molecule has 3 aromatic carbocycles. The number of nitrogen functional groups attached to an aromatic ring is 1. The molecule has 1 aliphatic carbocycles. The van der Waals surface area contributed by atoms with Crippen molar-refractivity contribution in [3.05, 3.63) is 97.3 Å². The highest BCUT2D eigenvalue weighted by atomic mass is 16.5. The Morgan fingerprint density at radius 3 is 2.39 bits per heavy atom. The Morgan fingerprint density at radius 2 is 1.68 bits per heavy atom. The first kappa shape index (κ1) is 26.2. The van der Waals surface area contributed by atoms with Gasteiger partial charge in [-0.15, -0.1) is 0 Å². The van der Waals surface area contributed by atoms with Crippen molar-refractivity contribution in [1.29, 1.82) is 0 Å². The van der Waals surface area contributed by atoms with Gasteiger partial charge in [0.1, 0.15) is 29.3 Å². The van der Waals surface area contributed by atoms with E-state index in [0.717, 1.165) is 29.2 Å². The monoisotopic (exact) mass is 545 g/mol. The molecular weight excluding hydrogens is 514 g/mol. The molecule has 1 amide bonds. The lowest BCUT2D eigenvalue weighted by Gasteiger charge is -2.16. The summed E-state index contributed by atoms with van der Waals surface area (Å²) in [7, 11) is 3.86. The molecule has 0 atom stereocenters. The van der Waals surface area contributed by atoms with Gasteiger partial charge in [-0.2, -0.15) is 5.10 Å². The predicted molar refractivity (Wildman–Crippen MR) is 161 cm³/mol. The third-order valence-corrected chi connectivity index (χ3v) is 7.24. The summed E-state index contributed by atoms with van der Waals surface area (Å²) >= 11 is 0. The van der Waals surface area contributed by atoms with Gasteiger partial charge in [-0.3, -0.25) is 9.69 Å². The minimum absolute atomic E-state index is 0.0750. The topological polar surface area (TPSA) is 102 Å². The molecule has 1 fully saturated rings. The maximum absolute atomic E-state index is 12.7. The van der Waals surface area contributed by atoms with E-state index < -0.39 is 0 Å². The minimum Gasteiger partial charge on any atom is -0.457 e. The number of anilines is 2. The van der Waals surface area contributed by atoms with E-state index in [0.29, 0.717) is 34.3 Å². The molecule has 0 spiro atoms. The summed E-state index contributed by atoms with van der Waals surface area (Å²) in [6.45, 7) is 0.770. The Morgan fingerprint density at radius 1 is 0.976 bits per heavy atom. The summed E-state index contributed by atoms with van der Waals surface area (Å²) in [5, 5.41) is 5.56. The Labute approximate surface area is 238 Å². The predicted octanol–water partition coefficient (Wildman–Crippen LogP) is 5.47. The number of nitrogens with zero attached hydrogens (tertiary/aromatic N) is 6. The van der Waals surface area contributed by atoms with Crippen LogP contribution < -0.4 is 15.4 Å². The summed E-state index contributed by atoms with van der Waals surface area (Å²) in [5.74, 6) is 1.75. The van der Waals surface area contributed by atoms with Gasteiger partial charge >= 0.3 is 0 Å². The number of carbonyl (C=O) groups is 1. The van der Waals surface area contributed by atoms with Gasteiger partial charge in [-0.05, 0) is 80.6 Å². The quantitative estimate of drug-likeness (QED) is 0.245. The van der Waals surface area contributed by atoms with Gasteiger partial charge in [-0.1, -0.05) is 24.3 Å². The van der Waals surface area contributed by atoms with E-state index in [1.54, 1.807) is 22.7 Å². The highest BCUT2D eigenvalue weighted by molar-refractivity contribution is 6.01. The summed E-state index contributed by atoms with van der Waals surface area (Å²) in [6, 6.07) is 25.6. The molecule has 0 saturated heterocycles. The number of amides is 1. The van der Waals surface area contributed by atoms with Crippen LogP contribution in [-0.2, 0) is 4.79 Å². The summed E-state index contributed by atoms with van der Waals surface area (Å²) in [6.07, 6.45) is 7.48.